The topological polar surface area (TPSA) is 69.0 Å². The molecule has 0 radical (unpaired) electrons. The summed E-state index contributed by atoms with van der Waals surface area (Å²) in [5.41, 5.74) is 4.03. The highest BCUT2D eigenvalue weighted by Gasteiger charge is 2.09. The number of carbonyl (C=O) groups is 1. The highest BCUT2D eigenvalue weighted by Crippen LogP contribution is 2.19. The Labute approximate surface area is 166 Å². The Morgan fingerprint density at radius 2 is 1.79 bits per heavy atom. The normalized spacial score (nSPS) is 10.8. The molecular weight excluding hydrogens is 371 g/mol. The Morgan fingerprint density at radius 1 is 1.03 bits per heavy atom. The lowest BCUT2D eigenvalue weighted by Crippen LogP contribution is -2.20. The van der Waals surface area contributed by atoms with E-state index in [1.807, 2.05) is 24.3 Å². The maximum absolute atomic E-state index is 13.6. The number of halogens is 1. The third-order valence-electron chi connectivity index (χ3n) is 4.44. The molecule has 4 rings (SSSR count). The highest BCUT2D eigenvalue weighted by atomic mass is 19.1. The van der Waals surface area contributed by atoms with Crippen molar-refractivity contribution in [3.63, 3.8) is 0 Å². The van der Waals surface area contributed by atoms with Gasteiger partial charge in [0.2, 0.25) is 0 Å². The van der Waals surface area contributed by atoms with E-state index in [4.69, 9.17) is 4.74 Å². The molecule has 0 saturated heterocycles. The molecule has 0 unspecified atom stereocenters. The van der Waals surface area contributed by atoms with Crippen LogP contribution < -0.4 is 10.1 Å². The van der Waals surface area contributed by atoms with Crippen molar-refractivity contribution in [2.45, 2.75) is 13.3 Å². The number of nitrogens with zero attached hydrogens (tertiary/aromatic N) is 3. The Bertz CT molecular complexity index is 1160. The van der Waals surface area contributed by atoms with Crippen LogP contribution in [0.2, 0.25) is 0 Å². The summed E-state index contributed by atoms with van der Waals surface area (Å²) < 4.78 is 18.8. The lowest BCUT2D eigenvalue weighted by atomic mass is 10.2. The SMILES string of the molecule is CCc1ccc(-n2nc3ccc(NC(=O)COc4ccccc4F)cc3n2)cc1. The number of para-hydroxylation sites is 1. The van der Waals surface area contributed by atoms with Gasteiger partial charge in [-0.05, 0) is 54.4 Å². The minimum Gasteiger partial charge on any atom is -0.481 e. The zero-order valence-electron chi connectivity index (χ0n) is 15.8. The highest BCUT2D eigenvalue weighted by molar-refractivity contribution is 5.93. The van der Waals surface area contributed by atoms with Crippen LogP contribution in [0.4, 0.5) is 10.1 Å². The molecule has 6 nitrogen and oxygen atoms in total. The van der Waals surface area contributed by atoms with Crippen molar-refractivity contribution in [2.75, 3.05) is 11.9 Å². The Balaban J connectivity index is 1.45. The molecule has 0 aliphatic heterocycles. The fraction of sp³-hybridized carbons (Fsp3) is 0.136. The number of amides is 1. The smallest absolute Gasteiger partial charge is 0.262 e. The number of hydrogen-bond donors (Lipinski definition) is 1. The van der Waals surface area contributed by atoms with Crippen molar-refractivity contribution in [2.24, 2.45) is 0 Å². The summed E-state index contributed by atoms with van der Waals surface area (Å²) in [5.74, 6) is -0.865. The summed E-state index contributed by atoms with van der Waals surface area (Å²) >= 11 is 0. The average Bonchev–Trinajstić information content (AvgIpc) is 3.16. The van der Waals surface area contributed by atoms with Crippen LogP contribution in [0, 0.1) is 5.82 Å². The number of hydrogen-bond acceptors (Lipinski definition) is 4. The largest absolute Gasteiger partial charge is 0.481 e. The minimum atomic E-state index is -0.509. The van der Waals surface area contributed by atoms with E-state index in [2.05, 4.69) is 22.4 Å². The first-order valence-corrected chi connectivity index (χ1v) is 9.26. The molecule has 3 aromatic carbocycles. The summed E-state index contributed by atoms with van der Waals surface area (Å²) in [5, 5.41) is 11.7. The molecule has 0 saturated carbocycles. The first-order valence-electron chi connectivity index (χ1n) is 9.26. The molecule has 146 valence electrons. The van der Waals surface area contributed by atoms with Gasteiger partial charge in [0.25, 0.3) is 5.91 Å². The lowest BCUT2D eigenvalue weighted by Gasteiger charge is -2.07. The molecule has 0 aliphatic rings. The van der Waals surface area contributed by atoms with Gasteiger partial charge < -0.3 is 10.1 Å². The number of nitrogens with one attached hydrogen (secondary N) is 1. The van der Waals surface area contributed by atoms with Gasteiger partial charge in [0.05, 0.1) is 5.69 Å². The van der Waals surface area contributed by atoms with Crippen LogP contribution in [0.1, 0.15) is 12.5 Å². The van der Waals surface area contributed by atoms with Crippen molar-refractivity contribution in [1.82, 2.24) is 15.0 Å². The second-order valence-corrected chi connectivity index (χ2v) is 6.48. The summed E-state index contributed by atoms with van der Waals surface area (Å²) in [6.07, 6.45) is 0.971. The van der Waals surface area contributed by atoms with Gasteiger partial charge in [0, 0.05) is 5.69 Å². The average molecular weight is 390 g/mol. The molecule has 7 heteroatoms. The number of aryl methyl sites for hydroxylation is 1. The number of benzene rings is 3. The molecule has 0 bridgehead atoms. The second kappa shape index (κ2) is 8.10. The van der Waals surface area contributed by atoms with Crippen LogP contribution in [0.15, 0.2) is 66.7 Å². The van der Waals surface area contributed by atoms with Crippen LogP contribution in [-0.4, -0.2) is 27.5 Å². The number of ether oxygens (including phenoxy) is 1. The second-order valence-electron chi connectivity index (χ2n) is 6.48. The molecule has 0 spiro atoms. The maximum atomic E-state index is 13.6. The molecule has 4 aromatic rings. The zero-order valence-corrected chi connectivity index (χ0v) is 15.8. The fourth-order valence-electron chi connectivity index (χ4n) is 2.87. The van der Waals surface area contributed by atoms with E-state index in [-0.39, 0.29) is 12.4 Å². The van der Waals surface area contributed by atoms with Gasteiger partial charge >= 0.3 is 0 Å². The molecule has 1 N–H and O–H groups in total. The minimum absolute atomic E-state index is 0.0372. The van der Waals surface area contributed by atoms with Crippen molar-refractivity contribution < 1.29 is 13.9 Å². The van der Waals surface area contributed by atoms with Gasteiger partial charge in [0.15, 0.2) is 18.2 Å². The van der Waals surface area contributed by atoms with Gasteiger partial charge in [-0.25, -0.2) is 4.39 Å². The van der Waals surface area contributed by atoms with Gasteiger partial charge in [-0.1, -0.05) is 31.2 Å². The third kappa shape index (κ3) is 4.24. The van der Waals surface area contributed by atoms with Gasteiger partial charge in [0.1, 0.15) is 11.0 Å². The summed E-state index contributed by atoms with van der Waals surface area (Å²) in [6, 6.07) is 19.2. The lowest BCUT2D eigenvalue weighted by molar-refractivity contribution is -0.118. The molecular formula is C22H19FN4O2. The van der Waals surface area contributed by atoms with Crippen LogP contribution in [-0.2, 0) is 11.2 Å². The van der Waals surface area contributed by atoms with E-state index in [1.54, 1.807) is 35.1 Å². The Hall–Kier alpha value is -3.74. The van der Waals surface area contributed by atoms with Crippen LogP contribution in [0.5, 0.6) is 5.75 Å². The number of anilines is 1. The van der Waals surface area contributed by atoms with E-state index in [9.17, 15) is 9.18 Å². The van der Waals surface area contributed by atoms with E-state index in [0.29, 0.717) is 16.7 Å². The van der Waals surface area contributed by atoms with Crippen molar-refractivity contribution in [3.8, 4) is 11.4 Å². The first kappa shape index (κ1) is 18.6. The summed E-state index contributed by atoms with van der Waals surface area (Å²) in [7, 11) is 0. The van der Waals surface area contributed by atoms with Crippen LogP contribution in [0.3, 0.4) is 0 Å². The number of carbonyl (C=O) groups excluding carboxylic acids is 1. The van der Waals surface area contributed by atoms with Crippen molar-refractivity contribution >= 4 is 22.6 Å². The molecule has 0 atom stereocenters. The number of aromatic nitrogens is 3. The van der Waals surface area contributed by atoms with Crippen molar-refractivity contribution in [3.05, 3.63) is 78.1 Å². The zero-order chi connectivity index (χ0) is 20.2. The molecule has 1 amide bonds. The molecule has 1 heterocycles. The fourth-order valence-corrected chi connectivity index (χ4v) is 2.87. The van der Waals surface area contributed by atoms with Crippen molar-refractivity contribution in [1.29, 1.82) is 0 Å². The predicted molar refractivity (Wildman–Crippen MR) is 109 cm³/mol. The third-order valence-corrected chi connectivity index (χ3v) is 4.44. The molecule has 29 heavy (non-hydrogen) atoms. The Kier molecular flexibility index (Phi) is 5.20. The first-order chi connectivity index (χ1) is 14.1. The van der Waals surface area contributed by atoms with E-state index in [0.717, 1.165) is 12.1 Å². The quantitative estimate of drug-likeness (QED) is 0.537. The van der Waals surface area contributed by atoms with Crippen LogP contribution >= 0.6 is 0 Å². The Morgan fingerprint density at radius 3 is 2.55 bits per heavy atom. The standard InChI is InChI=1S/C22H19FN4O2/c1-2-15-7-10-17(11-8-15)27-25-19-12-9-16(13-20(19)26-27)24-22(28)14-29-21-6-4-3-5-18(21)23/h3-13H,2,14H2,1H3,(H,24,28). The summed E-state index contributed by atoms with van der Waals surface area (Å²) in [4.78, 5) is 13.7. The maximum Gasteiger partial charge on any atom is 0.262 e. The number of rotatable bonds is 6. The predicted octanol–water partition coefficient (Wildman–Crippen LogP) is 4.14. The monoisotopic (exact) mass is 390 g/mol. The van der Waals surface area contributed by atoms with Gasteiger partial charge in [-0.15, -0.1) is 10.2 Å². The number of fused-ring (bicyclic) bond motifs is 1. The van der Waals surface area contributed by atoms with Gasteiger partial charge in [-0.2, -0.15) is 4.80 Å². The molecule has 0 aliphatic carbocycles. The van der Waals surface area contributed by atoms with E-state index >= 15 is 0 Å². The van der Waals surface area contributed by atoms with E-state index in [1.165, 1.54) is 17.7 Å². The van der Waals surface area contributed by atoms with Gasteiger partial charge in [-0.3, -0.25) is 4.79 Å². The molecule has 0 fully saturated rings. The van der Waals surface area contributed by atoms with Crippen LogP contribution in [0.25, 0.3) is 16.7 Å². The summed E-state index contributed by atoms with van der Waals surface area (Å²) in [6.45, 7) is 1.81. The molecule has 1 aromatic heterocycles. The van der Waals surface area contributed by atoms with E-state index < -0.39 is 11.7 Å².